The van der Waals surface area contributed by atoms with Crippen molar-refractivity contribution >= 4 is 7.26 Å². The van der Waals surface area contributed by atoms with Crippen LogP contribution in [-0.4, -0.2) is 25.7 Å². The van der Waals surface area contributed by atoms with Gasteiger partial charge < -0.3 is 12.4 Å². The normalized spacial score (nSPS) is 19.9. The summed E-state index contributed by atoms with van der Waals surface area (Å²) >= 11 is 0. The highest BCUT2D eigenvalue weighted by molar-refractivity contribution is 7.74. The summed E-state index contributed by atoms with van der Waals surface area (Å²) in [6.45, 7) is 7.31. The first-order valence-corrected chi connectivity index (χ1v) is 6.12. The van der Waals surface area contributed by atoms with Gasteiger partial charge in [-0.1, -0.05) is 0 Å². The molecule has 1 aliphatic carbocycles. The van der Waals surface area contributed by atoms with Crippen molar-refractivity contribution in [2.75, 3.05) is 20.0 Å². The van der Waals surface area contributed by atoms with E-state index in [1.54, 1.807) is 0 Å². The van der Waals surface area contributed by atoms with Crippen molar-refractivity contribution in [3.63, 3.8) is 0 Å². The van der Waals surface area contributed by atoms with E-state index >= 15 is 0 Å². The Morgan fingerprint density at radius 1 is 1.12 bits per heavy atom. The first-order valence-electron chi connectivity index (χ1n) is 2.92. The van der Waals surface area contributed by atoms with E-state index in [9.17, 15) is 0 Å². The van der Waals surface area contributed by atoms with Gasteiger partial charge in [-0.25, -0.2) is 0 Å². The van der Waals surface area contributed by atoms with Crippen molar-refractivity contribution in [1.82, 2.24) is 0 Å². The van der Waals surface area contributed by atoms with Gasteiger partial charge in [0.25, 0.3) is 0 Å². The minimum absolute atomic E-state index is 0. The van der Waals surface area contributed by atoms with Gasteiger partial charge in [0.1, 0.15) is 0 Å². The molecule has 0 aromatic heterocycles. The lowest BCUT2D eigenvalue weighted by molar-refractivity contribution is -0.00000176. The lowest BCUT2D eigenvalue weighted by Gasteiger charge is -2.07. The van der Waals surface area contributed by atoms with E-state index in [-0.39, 0.29) is 19.7 Å². The Hall–Kier alpha value is 0.720. The topological polar surface area (TPSA) is 0 Å². The number of rotatable bonds is 1. The van der Waals surface area contributed by atoms with Crippen LogP contribution in [0.2, 0.25) is 0 Å². The molecule has 1 aliphatic rings. The summed E-state index contributed by atoms with van der Waals surface area (Å²) < 4.78 is 0. The Morgan fingerprint density at radius 3 is 1.50 bits per heavy atom. The maximum absolute atomic E-state index is 2.44. The maximum Gasteiger partial charge on any atom is 0.0692 e. The van der Waals surface area contributed by atoms with Crippen LogP contribution in [0, 0.1) is 0 Å². The summed E-state index contributed by atoms with van der Waals surface area (Å²) in [6, 6.07) is 0. The molecule has 0 aromatic carbocycles. The van der Waals surface area contributed by atoms with Crippen LogP contribution in [0.3, 0.4) is 0 Å². The first-order chi connectivity index (χ1) is 3.11. The van der Waals surface area contributed by atoms with Gasteiger partial charge in [-0.3, -0.25) is 0 Å². The highest BCUT2D eigenvalue weighted by Gasteiger charge is 2.40. The van der Waals surface area contributed by atoms with Crippen LogP contribution in [0.5, 0.6) is 0 Å². The SMILES string of the molecule is C[P+](C)(C)C1CC1.[Cl-]. The zero-order valence-corrected chi connectivity index (χ0v) is 7.47. The summed E-state index contributed by atoms with van der Waals surface area (Å²) in [5.41, 5.74) is 1.16. The molecule has 0 amide bonds. The van der Waals surface area contributed by atoms with Crippen LogP contribution in [0.4, 0.5) is 0 Å². The fourth-order valence-corrected chi connectivity index (χ4v) is 2.55. The average molecular weight is 153 g/mol. The fourth-order valence-electron chi connectivity index (χ4n) is 0.849. The smallest absolute Gasteiger partial charge is 0.0692 e. The fraction of sp³-hybridized carbons (Fsp3) is 1.00. The Labute approximate surface area is 58.8 Å². The molecule has 0 radical (unpaired) electrons. The predicted octanol–water partition coefficient (Wildman–Crippen LogP) is -0.940. The van der Waals surface area contributed by atoms with E-state index in [2.05, 4.69) is 20.0 Å². The van der Waals surface area contributed by atoms with Crippen LogP contribution in [0.1, 0.15) is 12.8 Å². The molecule has 0 atom stereocenters. The van der Waals surface area contributed by atoms with Crippen LogP contribution in [-0.2, 0) is 0 Å². The van der Waals surface area contributed by atoms with E-state index in [0.717, 1.165) is 5.66 Å². The van der Waals surface area contributed by atoms with E-state index in [0.29, 0.717) is 0 Å². The molecule has 1 rings (SSSR count). The number of hydrogen-bond acceptors (Lipinski definition) is 0. The van der Waals surface area contributed by atoms with E-state index in [1.807, 2.05) is 0 Å². The molecule has 0 nitrogen and oxygen atoms in total. The highest BCUT2D eigenvalue weighted by Crippen LogP contribution is 2.62. The van der Waals surface area contributed by atoms with Gasteiger partial charge >= 0.3 is 0 Å². The maximum atomic E-state index is 2.44. The number of halogens is 1. The minimum atomic E-state index is -0.377. The van der Waals surface area contributed by atoms with Crippen molar-refractivity contribution in [2.24, 2.45) is 0 Å². The van der Waals surface area contributed by atoms with E-state index in [1.165, 1.54) is 12.8 Å². The lowest BCUT2D eigenvalue weighted by Crippen LogP contribution is -3.00. The Bertz CT molecular complexity index is 71.1. The molecular weight excluding hydrogens is 138 g/mol. The largest absolute Gasteiger partial charge is 1.00 e. The molecule has 0 heterocycles. The third-order valence-electron chi connectivity index (χ3n) is 1.64. The van der Waals surface area contributed by atoms with Crippen LogP contribution in [0.15, 0.2) is 0 Å². The Morgan fingerprint density at radius 2 is 1.50 bits per heavy atom. The van der Waals surface area contributed by atoms with Gasteiger partial charge in [0.2, 0.25) is 0 Å². The molecule has 0 N–H and O–H groups in total. The molecule has 0 aliphatic heterocycles. The molecule has 0 unspecified atom stereocenters. The second kappa shape index (κ2) is 2.54. The van der Waals surface area contributed by atoms with Crippen molar-refractivity contribution < 1.29 is 12.4 Å². The summed E-state index contributed by atoms with van der Waals surface area (Å²) in [5.74, 6) is 0. The third-order valence-corrected chi connectivity index (χ3v) is 4.35. The zero-order chi connectivity index (χ0) is 5.49. The van der Waals surface area contributed by atoms with E-state index in [4.69, 9.17) is 0 Å². The van der Waals surface area contributed by atoms with Gasteiger partial charge in [0.15, 0.2) is 0 Å². The third kappa shape index (κ3) is 2.33. The van der Waals surface area contributed by atoms with Crippen molar-refractivity contribution in [3.8, 4) is 0 Å². The Balaban J connectivity index is 0.000000490. The van der Waals surface area contributed by atoms with Crippen molar-refractivity contribution in [1.29, 1.82) is 0 Å². The average Bonchev–Trinajstić information content (AvgIpc) is 1.99. The van der Waals surface area contributed by atoms with Gasteiger partial charge in [0.05, 0.1) is 5.66 Å². The standard InChI is InChI=1S/C6H14P.ClH/c1-7(2,3)6-4-5-6;/h6H,4-5H2,1-3H3;1H/q+1;/p-1. The predicted molar refractivity (Wildman–Crippen MR) is 37.7 cm³/mol. The van der Waals surface area contributed by atoms with Crippen LogP contribution >= 0.6 is 7.26 Å². The zero-order valence-electron chi connectivity index (χ0n) is 5.82. The first kappa shape index (κ1) is 8.72. The summed E-state index contributed by atoms with van der Waals surface area (Å²) in [7, 11) is -0.377. The molecule has 50 valence electrons. The second-order valence-electron chi connectivity index (χ2n) is 3.35. The van der Waals surface area contributed by atoms with Gasteiger partial charge in [-0.2, -0.15) is 0 Å². The number of hydrogen-bond donors (Lipinski definition) is 0. The van der Waals surface area contributed by atoms with Crippen molar-refractivity contribution in [3.05, 3.63) is 0 Å². The molecule has 1 fully saturated rings. The molecule has 0 aromatic rings. The summed E-state index contributed by atoms with van der Waals surface area (Å²) in [4.78, 5) is 0. The van der Waals surface area contributed by atoms with Gasteiger partial charge in [-0.15, -0.1) is 0 Å². The van der Waals surface area contributed by atoms with Crippen molar-refractivity contribution in [2.45, 2.75) is 18.5 Å². The molecule has 0 bridgehead atoms. The molecule has 0 saturated heterocycles. The Kier molecular flexibility index (Phi) is 2.77. The summed E-state index contributed by atoms with van der Waals surface area (Å²) in [5, 5.41) is 0. The molecular formula is C6H14ClP. The van der Waals surface area contributed by atoms with Gasteiger partial charge in [0, 0.05) is 27.3 Å². The lowest BCUT2D eigenvalue weighted by atomic mass is 11.0. The molecule has 8 heavy (non-hydrogen) atoms. The van der Waals surface area contributed by atoms with Gasteiger partial charge in [-0.05, 0) is 12.8 Å². The van der Waals surface area contributed by atoms with Crippen LogP contribution in [0.25, 0.3) is 0 Å². The molecule has 2 heteroatoms. The molecule has 0 spiro atoms. The monoisotopic (exact) mass is 152 g/mol. The summed E-state index contributed by atoms with van der Waals surface area (Å²) in [6.07, 6.45) is 3.05. The van der Waals surface area contributed by atoms with E-state index < -0.39 is 0 Å². The highest BCUT2D eigenvalue weighted by atomic mass is 35.5. The van der Waals surface area contributed by atoms with Crippen LogP contribution < -0.4 is 12.4 Å². The molecule has 1 saturated carbocycles. The second-order valence-corrected chi connectivity index (χ2v) is 8.31. The quantitative estimate of drug-likeness (QED) is 0.426. The minimum Gasteiger partial charge on any atom is -1.00 e.